The summed E-state index contributed by atoms with van der Waals surface area (Å²) in [5.74, 6) is 2.15. The highest BCUT2D eigenvalue weighted by molar-refractivity contribution is 5.92. The van der Waals surface area contributed by atoms with Crippen molar-refractivity contribution in [2.45, 2.75) is 6.42 Å². The van der Waals surface area contributed by atoms with Crippen LogP contribution in [-0.4, -0.2) is 32.8 Å². The van der Waals surface area contributed by atoms with Gasteiger partial charge in [0.15, 0.2) is 17.4 Å². The fraction of sp³-hybridized carbons (Fsp3) is 0.100. The minimum Gasteiger partial charge on any atom is -0.496 e. The number of benzene rings is 1. The van der Waals surface area contributed by atoms with E-state index in [1.807, 2.05) is 24.3 Å². The molecule has 0 saturated heterocycles. The van der Waals surface area contributed by atoms with Gasteiger partial charge in [-0.05, 0) is 24.3 Å². The van der Waals surface area contributed by atoms with Crippen molar-refractivity contribution in [3.63, 3.8) is 0 Å². The molecule has 0 saturated carbocycles. The molecule has 0 unspecified atom stereocenters. The van der Waals surface area contributed by atoms with Gasteiger partial charge in [-0.25, -0.2) is 14.6 Å². The molecule has 140 valence electrons. The highest BCUT2D eigenvalue weighted by Crippen LogP contribution is 2.21. The van der Waals surface area contributed by atoms with E-state index in [2.05, 4.69) is 20.4 Å². The van der Waals surface area contributed by atoms with Gasteiger partial charge in [-0.2, -0.15) is 5.10 Å². The van der Waals surface area contributed by atoms with Crippen molar-refractivity contribution in [3.05, 3.63) is 72.8 Å². The van der Waals surface area contributed by atoms with Crippen LogP contribution in [0, 0.1) is 0 Å². The van der Waals surface area contributed by atoms with Crippen molar-refractivity contribution in [1.82, 2.24) is 19.7 Å². The fourth-order valence-electron chi connectivity index (χ4n) is 2.75. The Morgan fingerprint density at radius 2 is 2.07 bits per heavy atom. The molecule has 0 spiro atoms. The number of carbonyl (C=O) groups excluding carboxylic acids is 1. The lowest BCUT2D eigenvalue weighted by atomic mass is 10.1. The summed E-state index contributed by atoms with van der Waals surface area (Å²) in [5.41, 5.74) is 0.787. The lowest BCUT2D eigenvalue weighted by Crippen LogP contribution is -2.17. The normalized spacial score (nSPS) is 10.6. The Hall–Kier alpha value is -3.94. The van der Waals surface area contributed by atoms with Crippen molar-refractivity contribution in [3.8, 4) is 23.2 Å². The first-order valence-corrected chi connectivity index (χ1v) is 8.57. The molecule has 1 N–H and O–H groups in total. The molecular formula is C20H17N5O3. The number of nitrogens with one attached hydrogen (secondary N) is 1. The zero-order valence-electron chi connectivity index (χ0n) is 15.1. The summed E-state index contributed by atoms with van der Waals surface area (Å²) in [4.78, 5) is 21.4. The highest BCUT2D eigenvalue weighted by atomic mass is 16.5. The minimum atomic E-state index is -0.222. The van der Waals surface area contributed by atoms with Crippen LogP contribution in [0.15, 0.2) is 71.6 Å². The number of amides is 1. The molecule has 0 fully saturated rings. The molecule has 3 heterocycles. The van der Waals surface area contributed by atoms with Crippen molar-refractivity contribution >= 4 is 11.7 Å². The Bertz CT molecular complexity index is 1020. The summed E-state index contributed by atoms with van der Waals surface area (Å²) in [6.07, 6.45) is 5.10. The quantitative estimate of drug-likeness (QED) is 0.556. The molecule has 3 aromatic heterocycles. The summed E-state index contributed by atoms with van der Waals surface area (Å²) in [5, 5.41) is 7.00. The molecule has 4 aromatic rings. The second-order valence-corrected chi connectivity index (χ2v) is 5.90. The van der Waals surface area contributed by atoms with Gasteiger partial charge in [0.05, 0.1) is 19.8 Å². The third kappa shape index (κ3) is 3.75. The maximum Gasteiger partial charge on any atom is 0.230 e. The van der Waals surface area contributed by atoms with Crippen molar-refractivity contribution in [2.24, 2.45) is 0 Å². The van der Waals surface area contributed by atoms with Gasteiger partial charge in [0.25, 0.3) is 0 Å². The number of anilines is 1. The first-order valence-electron chi connectivity index (χ1n) is 8.57. The maximum atomic E-state index is 12.6. The molecule has 4 rings (SSSR count). The van der Waals surface area contributed by atoms with Gasteiger partial charge in [-0.3, -0.25) is 4.79 Å². The highest BCUT2D eigenvalue weighted by Gasteiger charge is 2.14. The van der Waals surface area contributed by atoms with Gasteiger partial charge in [0, 0.05) is 24.0 Å². The number of ether oxygens (including phenoxy) is 1. The smallest absolute Gasteiger partial charge is 0.230 e. The number of hydrogen-bond acceptors (Lipinski definition) is 6. The van der Waals surface area contributed by atoms with Crippen LogP contribution in [0.4, 0.5) is 5.82 Å². The van der Waals surface area contributed by atoms with Gasteiger partial charge in [0.2, 0.25) is 5.91 Å². The van der Waals surface area contributed by atoms with Gasteiger partial charge in [-0.1, -0.05) is 18.2 Å². The molecule has 0 atom stereocenters. The van der Waals surface area contributed by atoms with E-state index in [-0.39, 0.29) is 12.3 Å². The summed E-state index contributed by atoms with van der Waals surface area (Å²) in [7, 11) is 1.58. The standard InChI is InChI=1S/C20H17N5O3/c1-27-15-7-3-2-6-14(15)12-19(26)22-17-13-18(25-10-5-9-21-25)24-20(23-17)16-8-4-11-28-16/h2-11,13H,12H2,1H3,(H,22,23,24,26). The molecule has 0 radical (unpaired) electrons. The zero-order valence-corrected chi connectivity index (χ0v) is 15.1. The second-order valence-electron chi connectivity index (χ2n) is 5.90. The van der Waals surface area contributed by atoms with Crippen LogP contribution >= 0.6 is 0 Å². The topological polar surface area (TPSA) is 95.1 Å². The summed E-state index contributed by atoms with van der Waals surface area (Å²) in [6, 6.07) is 14.3. The second kappa shape index (κ2) is 7.75. The molecule has 1 amide bonds. The van der Waals surface area contributed by atoms with E-state index in [0.29, 0.717) is 29.0 Å². The molecule has 28 heavy (non-hydrogen) atoms. The molecule has 8 nitrogen and oxygen atoms in total. The Morgan fingerprint density at radius 3 is 2.82 bits per heavy atom. The third-order valence-electron chi connectivity index (χ3n) is 4.00. The molecule has 8 heteroatoms. The van der Waals surface area contributed by atoms with E-state index >= 15 is 0 Å². The number of carbonyl (C=O) groups is 1. The average Bonchev–Trinajstić information content (AvgIpc) is 3.42. The molecule has 1 aromatic carbocycles. The Balaban J connectivity index is 1.62. The van der Waals surface area contributed by atoms with E-state index in [9.17, 15) is 4.79 Å². The SMILES string of the molecule is COc1ccccc1CC(=O)Nc1cc(-n2cccn2)nc(-c2ccco2)n1. The maximum absolute atomic E-state index is 12.6. The number of nitrogens with zero attached hydrogens (tertiary/aromatic N) is 4. The largest absolute Gasteiger partial charge is 0.496 e. The Kier molecular flexibility index (Phi) is 4.83. The van der Waals surface area contributed by atoms with Crippen LogP contribution in [0.2, 0.25) is 0 Å². The van der Waals surface area contributed by atoms with Crippen LogP contribution in [0.5, 0.6) is 5.75 Å². The van der Waals surface area contributed by atoms with Gasteiger partial charge in [0.1, 0.15) is 11.6 Å². The molecular weight excluding hydrogens is 358 g/mol. The molecule has 0 aliphatic heterocycles. The first kappa shape index (κ1) is 17.5. The molecule has 0 aliphatic rings. The Labute approximate surface area is 160 Å². The predicted molar refractivity (Wildman–Crippen MR) is 102 cm³/mol. The predicted octanol–water partition coefficient (Wildman–Crippen LogP) is 3.11. The number of methoxy groups -OCH3 is 1. The summed E-state index contributed by atoms with van der Waals surface area (Å²) < 4.78 is 12.3. The number of aromatic nitrogens is 4. The number of rotatable bonds is 6. The van der Waals surface area contributed by atoms with E-state index < -0.39 is 0 Å². The van der Waals surface area contributed by atoms with E-state index in [1.54, 1.807) is 54.7 Å². The van der Waals surface area contributed by atoms with Crippen LogP contribution in [0.25, 0.3) is 17.4 Å². The van der Waals surface area contributed by atoms with E-state index in [1.165, 1.54) is 0 Å². The molecule has 0 bridgehead atoms. The zero-order chi connectivity index (χ0) is 19.3. The number of furan rings is 1. The Morgan fingerprint density at radius 1 is 1.18 bits per heavy atom. The fourth-order valence-corrected chi connectivity index (χ4v) is 2.75. The average molecular weight is 375 g/mol. The summed E-state index contributed by atoms with van der Waals surface area (Å²) in [6.45, 7) is 0. The van der Waals surface area contributed by atoms with Gasteiger partial charge < -0.3 is 14.5 Å². The van der Waals surface area contributed by atoms with Crippen LogP contribution in [0.3, 0.4) is 0 Å². The van der Waals surface area contributed by atoms with E-state index in [0.717, 1.165) is 5.56 Å². The van der Waals surface area contributed by atoms with Crippen LogP contribution in [0.1, 0.15) is 5.56 Å². The third-order valence-corrected chi connectivity index (χ3v) is 4.00. The van der Waals surface area contributed by atoms with E-state index in [4.69, 9.17) is 9.15 Å². The lowest BCUT2D eigenvalue weighted by molar-refractivity contribution is -0.115. The van der Waals surface area contributed by atoms with Crippen molar-refractivity contribution in [1.29, 1.82) is 0 Å². The van der Waals surface area contributed by atoms with Crippen LogP contribution < -0.4 is 10.1 Å². The first-order chi connectivity index (χ1) is 13.7. The lowest BCUT2D eigenvalue weighted by Gasteiger charge is -2.10. The van der Waals surface area contributed by atoms with Crippen molar-refractivity contribution in [2.75, 3.05) is 12.4 Å². The molecule has 0 aliphatic carbocycles. The summed E-state index contributed by atoms with van der Waals surface area (Å²) >= 11 is 0. The van der Waals surface area contributed by atoms with Gasteiger partial charge in [-0.15, -0.1) is 0 Å². The minimum absolute atomic E-state index is 0.154. The van der Waals surface area contributed by atoms with Gasteiger partial charge >= 0.3 is 0 Å². The van der Waals surface area contributed by atoms with Crippen LogP contribution in [-0.2, 0) is 11.2 Å². The number of hydrogen-bond donors (Lipinski definition) is 1. The monoisotopic (exact) mass is 375 g/mol. The van der Waals surface area contributed by atoms with Crippen molar-refractivity contribution < 1.29 is 13.9 Å². The number of para-hydroxylation sites is 1.